The van der Waals surface area contributed by atoms with E-state index in [4.69, 9.17) is 4.74 Å². The molecular formula is C28H29FN2O5S. The summed E-state index contributed by atoms with van der Waals surface area (Å²) in [5.41, 5.74) is 2.44. The minimum Gasteiger partial charge on any atom is -0.459 e. The van der Waals surface area contributed by atoms with E-state index in [1.165, 1.54) is 12.1 Å². The van der Waals surface area contributed by atoms with Gasteiger partial charge in [-0.25, -0.2) is 17.6 Å². The lowest BCUT2D eigenvalue weighted by atomic mass is 10.1. The maximum Gasteiger partial charge on any atom is 0.329 e. The summed E-state index contributed by atoms with van der Waals surface area (Å²) in [5.74, 6) is -1.41. The first-order valence-electron chi connectivity index (χ1n) is 12.0. The van der Waals surface area contributed by atoms with Gasteiger partial charge in [-0.05, 0) is 30.2 Å². The van der Waals surface area contributed by atoms with Crippen LogP contribution in [0.5, 0.6) is 0 Å². The lowest BCUT2D eigenvalue weighted by Crippen LogP contribution is -2.51. The Hall–Kier alpha value is -3.56. The predicted molar refractivity (Wildman–Crippen MR) is 137 cm³/mol. The van der Waals surface area contributed by atoms with Crippen LogP contribution in [0.1, 0.15) is 23.1 Å². The fourth-order valence-electron chi connectivity index (χ4n) is 4.25. The highest BCUT2D eigenvalue weighted by Gasteiger charge is 2.45. The number of aryl methyl sites for hydroxylation is 1. The monoisotopic (exact) mass is 524 g/mol. The first-order chi connectivity index (χ1) is 17.7. The average Bonchev–Trinajstić information content (AvgIpc) is 3.31. The molecule has 3 atom stereocenters. The molecule has 0 radical (unpaired) electrons. The second kappa shape index (κ2) is 11.7. The van der Waals surface area contributed by atoms with E-state index >= 15 is 0 Å². The summed E-state index contributed by atoms with van der Waals surface area (Å²) in [6.07, 6.45) is -1.67. The van der Waals surface area contributed by atoms with Crippen LogP contribution in [0.3, 0.4) is 0 Å². The molecule has 1 aliphatic heterocycles. The van der Waals surface area contributed by atoms with Crippen molar-refractivity contribution in [2.45, 2.75) is 49.5 Å². The number of carbonyl (C=O) groups is 2. The van der Waals surface area contributed by atoms with Crippen molar-refractivity contribution in [1.29, 1.82) is 0 Å². The quantitative estimate of drug-likeness (QED) is 0.432. The van der Waals surface area contributed by atoms with Gasteiger partial charge in [0.1, 0.15) is 24.9 Å². The summed E-state index contributed by atoms with van der Waals surface area (Å²) >= 11 is 0. The van der Waals surface area contributed by atoms with Gasteiger partial charge in [-0.1, -0.05) is 78.4 Å². The van der Waals surface area contributed by atoms with Gasteiger partial charge in [-0.15, -0.1) is 0 Å². The Morgan fingerprint density at radius 2 is 1.57 bits per heavy atom. The SMILES string of the molecule is Cc1ccc(S(=O)(=O)N2C[C@H](F)C[C@H]2C(=O)N[C@@H](Cc2ccccc2)C(=O)OCc2ccccc2)cc1. The number of esters is 1. The van der Waals surface area contributed by atoms with E-state index < -0.39 is 46.7 Å². The highest BCUT2D eigenvalue weighted by atomic mass is 32.2. The van der Waals surface area contributed by atoms with E-state index in [2.05, 4.69) is 5.32 Å². The van der Waals surface area contributed by atoms with Gasteiger partial charge in [0.25, 0.3) is 0 Å². The zero-order chi connectivity index (χ0) is 26.4. The van der Waals surface area contributed by atoms with Crippen LogP contribution in [0.15, 0.2) is 89.8 Å². The first kappa shape index (κ1) is 26.5. The lowest BCUT2D eigenvalue weighted by molar-refractivity contribution is -0.149. The number of benzene rings is 3. The maximum absolute atomic E-state index is 14.5. The Balaban J connectivity index is 1.53. The van der Waals surface area contributed by atoms with E-state index in [0.717, 1.165) is 21.0 Å². The standard InChI is InChI=1S/C28H29FN2O5S/c1-20-12-14-24(15-13-20)37(34,35)31-18-23(29)17-26(31)27(32)30-25(16-21-8-4-2-5-9-21)28(33)36-19-22-10-6-3-7-11-22/h2-15,23,25-26H,16-19H2,1H3,(H,30,32)/t23-,25+,26+/m1/s1. The van der Waals surface area contributed by atoms with Crippen molar-refractivity contribution in [1.82, 2.24) is 9.62 Å². The zero-order valence-corrected chi connectivity index (χ0v) is 21.2. The number of nitrogens with one attached hydrogen (secondary N) is 1. The average molecular weight is 525 g/mol. The highest BCUT2D eigenvalue weighted by Crippen LogP contribution is 2.28. The minimum atomic E-state index is -4.13. The Morgan fingerprint density at radius 1 is 0.973 bits per heavy atom. The number of nitrogens with zero attached hydrogens (tertiary/aromatic N) is 1. The van der Waals surface area contributed by atoms with Gasteiger partial charge < -0.3 is 10.1 Å². The molecule has 1 N–H and O–H groups in total. The molecule has 0 saturated carbocycles. The third-order valence-corrected chi connectivity index (χ3v) is 8.13. The van der Waals surface area contributed by atoms with Crippen LogP contribution in [0, 0.1) is 6.92 Å². The molecule has 0 unspecified atom stereocenters. The highest BCUT2D eigenvalue weighted by molar-refractivity contribution is 7.89. The Labute approximate surface area is 216 Å². The topological polar surface area (TPSA) is 92.8 Å². The minimum absolute atomic E-state index is 0.0186. The van der Waals surface area contributed by atoms with Crippen molar-refractivity contribution in [3.63, 3.8) is 0 Å². The number of carbonyl (C=O) groups excluding carboxylic acids is 2. The van der Waals surface area contributed by atoms with Crippen molar-refractivity contribution >= 4 is 21.9 Å². The Bertz CT molecular complexity index is 1320. The Kier molecular flexibility index (Phi) is 8.35. The van der Waals surface area contributed by atoms with Crippen molar-refractivity contribution in [2.24, 2.45) is 0 Å². The summed E-state index contributed by atoms with van der Waals surface area (Å²) in [5, 5.41) is 2.64. The largest absolute Gasteiger partial charge is 0.459 e. The predicted octanol–water partition coefficient (Wildman–Crippen LogP) is 3.57. The second-order valence-corrected chi connectivity index (χ2v) is 11.0. The molecule has 0 bridgehead atoms. The number of hydrogen-bond donors (Lipinski definition) is 1. The normalized spacial score (nSPS) is 18.8. The van der Waals surface area contributed by atoms with E-state index in [1.807, 2.05) is 67.6 Å². The third kappa shape index (κ3) is 6.61. The van der Waals surface area contributed by atoms with Gasteiger partial charge in [0.05, 0.1) is 4.90 Å². The van der Waals surface area contributed by atoms with Crippen molar-refractivity contribution in [3.8, 4) is 0 Å². The molecular weight excluding hydrogens is 495 g/mol. The van der Waals surface area contributed by atoms with Crippen molar-refractivity contribution < 1.29 is 27.1 Å². The molecule has 1 fully saturated rings. The summed E-state index contributed by atoms with van der Waals surface area (Å²) in [6.45, 7) is 1.41. The van der Waals surface area contributed by atoms with Crippen LogP contribution in [0.2, 0.25) is 0 Å². The summed E-state index contributed by atoms with van der Waals surface area (Å²) in [7, 11) is -4.13. The number of halogens is 1. The van der Waals surface area contributed by atoms with Crippen molar-refractivity contribution in [3.05, 3.63) is 102 Å². The van der Waals surface area contributed by atoms with Gasteiger partial charge in [-0.2, -0.15) is 4.31 Å². The van der Waals surface area contributed by atoms with Crippen LogP contribution < -0.4 is 5.32 Å². The molecule has 4 rings (SSSR count). The molecule has 7 nitrogen and oxygen atoms in total. The van der Waals surface area contributed by atoms with E-state index in [1.54, 1.807) is 12.1 Å². The second-order valence-electron chi connectivity index (χ2n) is 9.08. The smallest absolute Gasteiger partial charge is 0.329 e. The molecule has 1 amide bonds. The van der Waals surface area contributed by atoms with Crippen molar-refractivity contribution in [2.75, 3.05) is 6.54 Å². The molecule has 0 aliphatic carbocycles. The molecule has 1 heterocycles. The number of sulfonamides is 1. The van der Waals surface area contributed by atoms with Crippen LogP contribution in [0.25, 0.3) is 0 Å². The maximum atomic E-state index is 14.5. The fourth-order valence-corrected chi connectivity index (χ4v) is 5.87. The number of alkyl halides is 1. The van der Waals surface area contributed by atoms with Gasteiger partial charge in [-0.3, -0.25) is 4.79 Å². The number of rotatable bonds is 9. The first-order valence-corrected chi connectivity index (χ1v) is 13.5. The number of hydrogen-bond acceptors (Lipinski definition) is 5. The fraction of sp³-hybridized carbons (Fsp3) is 0.286. The molecule has 194 valence electrons. The third-order valence-electron chi connectivity index (χ3n) is 6.24. The van der Waals surface area contributed by atoms with E-state index in [0.29, 0.717) is 0 Å². The molecule has 9 heteroatoms. The molecule has 1 saturated heterocycles. The van der Waals surface area contributed by atoms with E-state index in [9.17, 15) is 22.4 Å². The molecule has 0 aromatic heterocycles. The van der Waals surface area contributed by atoms with Crippen LogP contribution >= 0.6 is 0 Å². The molecule has 0 spiro atoms. The molecule has 1 aliphatic rings. The van der Waals surface area contributed by atoms with Crippen LogP contribution in [0.4, 0.5) is 4.39 Å². The Morgan fingerprint density at radius 3 is 2.19 bits per heavy atom. The van der Waals surface area contributed by atoms with Gasteiger partial charge in [0, 0.05) is 19.4 Å². The number of amides is 1. The summed E-state index contributed by atoms with van der Waals surface area (Å²) in [4.78, 5) is 26.3. The number of ether oxygens (including phenoxy) is 1. The van der Waals surface area contributed by atoms with Gasteiger partial charge in [0.15, 0.2) is 0 Å². The summed E-state index contributed by atoms with van der Waals surface area (Å²) in [6, 6.07) is 22.0. The van der Waals surface area contributed by atoms with Gasteiger partial charge >= 0.3 is 5.97 Å². The lowest BCUT2D eigenvalue weighted by Gasteiger charge is -2.25. The molecule has 37 heavy (non-hydrogen) atoms. The van der Waals surface area contributed by atoms with Crippen LogP contribution in [-0.2, 0) is 37.4 Å². The van der Waals surface area contributed by atoms with E-state index in [-0.39, 0.29) is 24.3 Å². The van der Waals surface area contributed by atoms with Gasteiger partial charge in [0.2, 0.25) is 15.9 Å². The molecule has 3 aromatic rings. The zero-order valence-electron chi connectivity index (χ0n) is 20.4. The molecule has 3 aromatic carbocycles. The summed E-state index contributed by atoms with van der Waals surface area (Å²) < 4.78 is 47.3. The van der Waals surface area contributed by atoms with Crippen LogP contribution in [-0.4, -0.2) is 49.4 Å².